The van der Waals surface area contributed by atoms with Crippen LogP contribution in [0.4, 0.5) is 14.5 Å². The molecule has 1 unspecified atom stereocenters. The second-order valence-corrected chi connectivity index (χ2v) is 8.34. The van der Waals surface area contributed by atoms with Crippen LogP contribution in [0.3, 0.4) is 0 Å². The lowest BCUT2D eigenvalue weighted by Crippen LogP contribution is -2.53. The minimum absolute atomic E-state index is 0.0954. The van der Waals surface area contributed by atoms with Crippen LogP contribution in [0.25, 0.3) is 0 Å². The van der Waals surface area contributed by atoms with Crippen molar-refractivity contribution in [3.05, 3.63) is 58.9 Å². The molecule has 0 aromatic heterocycles. The average molecular weight is 436 g/mol. The number of hydrogen-bond acceptors (Lipinski definition) is 4. The maximum Gasteiger partial charge on any atom is 0.253 e. The second kappa shape index (κ2) is 8.40. The topological polar surface area (TPSA) is 44.8 Å². The smallest absolute Gasteiger partial charge is 0.253 e. The highest BCUT2D eigenvalue weighted by Gasteiger charge is 2.39. The molecular formula is C22H24ClF2N3O2. The Bertz CT molecular complexity index is 934. The lowest BCUT2D eigenvalue weighted by Gasteiger charge is -2.41. The summed E-state index contributed by atoms with van der Waals surface area (Å²) < 4.78 is 34.8. The predicted octanol–water partition coefficient (Wildman–Crippen LogP) is 4.19. The first-order chi connectivity index (χ1) is 14.3. The van der Waals surface area contributed by atoms with E-state index in [4.69, 9.17) is 16.3 Å². The molecule has 2 aromatic carbocycles. The maximum atomic E-state index is 15.5. The van der Waals surface area contributed by atoms with Gasteiger partial charge in [0.2, 0.25) is 0 Å². The Hall–Kier alpha value is -2.38. The minimum atomic E-state index is -1.41. The van der Waals surface area contributed by atoms with Gasteiger partial charge in [-0.05, 0) is 37.4 Å². The number of benzene rings is 2. The van der Waals surface area contributed by atoms with Gasteiger partial charge in [-0.2, -0.15) is 0 Å². The number of piperidine rings is 1. The van der Waals surface area contributed by atoms with E-state index in [1.165, 1.54) is 18.2 Å². The van der Waals surface area contributed by atoms with E-state index in [0.717, 1.165) is 11.4 Å². The van der Waals surface area contributed by atoms with Crippen molar-refractivity contribution in [2.75, 3.05) is 38.5 Å². The number of para-hydroxylation sites is 2. The third kappa shape index (κ3) is 4.37. The molecule has 8 heteroatoms. The van der Waals surface area contributed by atoms with E-state index >= 15 is 4.39 Å². The Labute approximate surface area is 179 Å². The summed E-state index contributed by atoms with van der Waals surface area (Å²) in [4.78, 5) is 16.1. The van der Waals surface area contributed by atoms with Gasteiger partial charge in [-0.25, -0.2) is 8.78 Å². The molecule has 1 amide bonds. The van der Waals surface area contributed by atoms with E-state index < -0.39 is 11.5 Å². The fourth-order valence-corrected chi connectivity index (χ4v) is 4.16. The van der Waals surface area contributed by atoms with E-state index in [9.17, 15) is 9.18 Å². The monoisotopic (exact) mass is 435 g/mol. The predicted molar refractivity (Wildman–Crippen MR) is 112 cm³/mol. The van der Waals surface area contributed by atoms with Gasteiger partial charge in [0, 0.05) is 38.0 Å². The third-order valence-corrected chi connectivity index (χ3v) is 6.04. The van der Waals surface area contributed by atoms with Crippen LogP contribution >= 0.6 is 11.6 Å². The quantitative estimate of drug-likeness (QED) is 0.782. The van der Waals surface area contributed by atoms with Crippen molar-refractivity contribution < 1.29 is 18.3 Å². The van der Waals surface area contributed by atoms with E-state index in [-0.39, 0.29) is 36.5 Å². The number of rotatable bonds is 4. The number of carbonyl (C=O) groups excluding carboxylic acids is 1. The van der Waals surface area contributed by atoms with Gasteiger partial charge in [0.25, 0.3) is 5.91 Å². The zero-order valence-corrected chi connectivity index (χ0v) is 17.5. The Morgan fingerprint density at radius 3 is 2.77 bits per heavy atom. The molecule has 0 radical (unpaired) electrons. The SMILES string of the molecule is CN(CC1(F)CCN(C(=O)c2ccc(F)c(Cl)c2)CC1)C1CNc2ccccc2O1. The number of alkyl halides is 1. The summed E-state index contributed by atoms with van der Waals surface area (Å²) in [5, 5.41) is 3.22. The first kappa shape index (κ1) is 20.9. The molecule has 5 nitrogen and oxygen atoms in total. The van der Waals surface area contributed by atoms with Crippen molar-refractivity contribution in [3.8, 4) is 5.75 Å². The van der Waals surface area contributed by atoms with E-state index in [0.29, 0.717) is 25.2 Å². The van der Waals surface area contributed by atoms with E-state index in [1.807, 2.05) is 36.2 Å². The fraction of sp³-hybridized carbons (Fsp3) is 0.409. The van der Waals surface area contributed by atoms with Gasteiger partial charge >= 0.3 is 0 Å². The van der Waals surface area contributed by atoms with Crippen LogP contribution < -0.4 is 10.1 Å². The minimum Gasteiger partial charge on any atom is -0.471 e. The molecule has 30 heavy (non-hydrogen) atoms. The first-order valence-electron chi connectivity index (χ1n) is 9.98. The molecule has 1 atom stereocenters. The van der Waals surface area contributed by atoms with Crippen molar-refractivity contribution >= 4 is 23.2 Å². The largest absolute Gasteiger partial charge is 0.471 e. The van der Waals surface area contributed by atoms with Crippen LogP contribution in [0.1, 0.15) is 23.2 Å². The van der Waals surface area contributed by atoms with E-state index in [2.05, 4.69) is 5.32 Å². The summed E-state index contributed by atoms with van der Waals surface area (Å²) in [7, 11) is 1.85. The zero-order valence-electron chi connectivity index (χ0n) is 16.7. The first-order valence-corrected chi connectivity index (χ1v) is 10.4. The van der Waals surface area contributed by atoms with Gasteiger partial charge in [-0.3, -0.25) is 9.69 Å². The highest BCUT2D eigenvalue weighted by atomic mass is 35.5. The number of anilines is 1. The third-order valence-electron chi connectivity index (χ3n) is 5.75. The van der Waals surface area contributed by atoms with Crippen LogP contribution in [0.15, 0.2) is 42.5 Å². The van der Waals surface area contributed by atoms with Crippen molar-refractivity contribution in [2.45, 2.75) is 24.7 Å². The van der Waals surface area contributed by atoms with Crippen LogP contribution in [0.5, 0.6) is 5.75 Å². The van der Waals surface area contributed by atoms with Gasteiger partial charge in [0.05, 0.1) is 17.3 Å². The summed E-state index contributed by atoms with van der Waals surface area (Å²) in [5.74, 6) is -0.0738. The molecule has 1 fully saturated rings. The number of halogens is 3. The van der Waals surface area contributed by atoms with Crippen LogP contribution in [-0.4, -0.2) is 60.8 Å². The summed E-state index contributed by atoms with van der Waals surface area (Å²) in [6, 6.07) is 11.6. The molecular weight excluding hydrogens is 412 g/mol. The van der Waals surface area contributed by atoms with Gasteiger partial charge < -0.3 is 15.0 Å². The number of carbonyl (C=O) groups is 1. The Balaban J connectivity index is 1.33. The van der Waals surface area contributed by atoms with Gasteiger partial charge in [0.1, 0.15) is 17.2 Å². The number of amides is 1. The van der Waals surface area contributed by atoms with Crippen molar-refractivity contribution in [1.29, 1.82) is 0 Å². The summed E-state index contributed by atoms with van der Waals surface area (Å²) >= 11 is 5.78. The number of ether oxygens (including phenoxy) is 1. The average Bonchev–Trinajstić information content (AvgIpc) is 2.75. The molecule has 0 bridgehead atoms. The summed E-state index contributed by atoms with van der Waals surface area (Å²) in [6.07, 6.45) is 0.192. The molecule has 2 aliphatic heterocycles. The molecule has 0 saturated carbocycles. The molecule has 1 saturated heterocycles. The number of nitrogens with one attached hydrogen (secondary N) is 1. The van der Waals surface area contributed by atoms with Gasteiger partial charge in [-0.1, -0.05) is 23.7 Å². The van der Waals surface area contributed by atoms with Crippen molar-refractivity contribution in [3.63, 3.8) is 0 Å². The molecule has 1 N–H and O–H groups in total. The summed E-state index contributed by atoms with van der Waals surface area (Å²) in [5.41, 5.74) is -0.165. The lowest BCUT2D eigenvalue weighted by atomic mass is 9.92. The van der Waals surface area contributed by atoms with Gasteiger partial charge in [0.15, 0.2) is 6.23 Å². The highest BCUT2D eigenvalue weighted by Crippen LogP contribution is 2.32. The molecule has 0 aliphatic carbocycles. The number of fused-ring (bicyclic) bond motifs is 1. The molecule has 4 rings (SSSR count). The molecule has 0 spiro atoms. The molecule has 2 aromatic rings. The van der Waals surface area contributed by atoms with Crippen LogP contribution in [0.2, 0.25) is 5.02 Å². The van der Waals surface area contributed by atoms with E-state index in [1.54, 1.807) is 4.90 Å². The maximum absolute atomic E-state index is 15.5. The summed E-state index contributed by atoms with van der Waals surface area (Å²) in [6.45, 7) is 1.38. The molecule has 2 heterocycles. The fourth-order valence-electron chi connectivity index (χ4n) is 3.98. The second-order valence-electron chi connectivity index (χ2n) is 7.94. The molecule has 160 valence electrons. The van der Waals surface area contributed by atoms with Crippen molar-refractivity contribution in [1.82, 2.24) is 9.80 Å². The number of likely N-dealkylation sites (N-methyl/N-ethyl adjacent to an activating group) is 1. The Kier molecular flexibility index (Phi) is 5.84. The zero-order chi connectivity index (χ0) is 21.3. The Morgan fingerprint density at radius 1 is 1.30 bits per heavy atom. The number of likely N-dealkylation sites (tertiary alicyclic amines) is 1. The van der Waals surface area contributed by atoms with Crippen LogP contribution in [-0.2, 0) is 0 Å². The number of hydrogen-bond donors (Lipinski definition) is 1. The van der Waals surface area contributed by atoms with Crippen molar-refractivity contribution in [2.24, 2.45) is 0 Å². The normalized spacial score (nSPS) is 20.3. The standard InChI is InChI=1S/C22H24ClF2N3O2/c1-27(20-13-26-18-4-2-3-5-19(18)30-20)14-22(25)8-10-28(11-9-22)21(29)15-6-7-17(24)16(23)12-15/h2-7,12,20,26H,8-11,13-14H2,1H3. The van der Waals surface area contributed by atoms with Crippen LogP contribution in [0, 0.1) is 5.82 Å². The lowest BCUT2D eigenvalue weighted by molar-refractivity contribution is -0.0192. The molecule has 2 aliphatic rings. The Morgan fingerprint density at radius 2 is 2.03 bits per heavy atom. The number of nitrogens with zero attached hydrogens (tertiary/aromatic N) is 2. The van der Waals surface area contributed by atoms with Gasteiger partial charge in [-0.15, -0.1) is 0 Å². The highest BCUT2D eigenvalue weighted by molar-refractivity contribution is 6.31.